The highest BCUT2D eigenvalue weighted by Crippen LogP contribution is 2.23. The Labute approximate surface area is 136 Å². The molecule has 6 heteroatoms. The van der Waals surface area contributed by atoms with Crippen LogP contribution in [0, 0.1) is 0 Å². The third-order valence-corrected chi connectivity index (χ3v) is 4.28. The molecule has 0 fully saturated rings. The average Bonchev–Trinajstić information content (AvgIpc) is 3.25. The maximum absolute atomic E-state index is 12.3. The normalized spacial score (nSPS) is 10.8. The van der Waals surface area contributed by atoms with Crippen LogP contribution in [0.1, 0.15) is 10.5 Å². The highest BCUT2D eigenvalue weighted by Gasteiger charge is 2.10. The molecule has 0 bridgehead atoms. The molecule has 112 valence electrons. The number of fused-ring (bicyclic) bond motifs is 1. The molecular formula is C17H12N4OS. The lowest BCUT2D eigenvalue weighted by atomic mass is 10.2. The van der Waals surface area contributed by atoms with E-state index in [1.807, 2.05) is 54.6 Å². The number of aromatic amines is 1. The maximum Gasteiger partial charge on any atom is 0.272 e. The van der Waals surface area contributed by atoms with Crippen molar-refractivity contribution in [2.75, 3.05) is 5.32 Å². The summed E-state index contributed by atoms with van der Waals surface area (Å²) in [6.07, 6.45) is 1.72. The van der Waals surface area contributed by atoms with E-state index in [0.717, 1.165) is 27.0 Å². The Morgan fingerprint density at radius 3 is 2.65 bits per heavy atom. The standard InChI is InChI=1S/C17H12N4OS/c22-17(15-9-12-3-1-2-4-14(12)20-15)19-13-7-5-11(6-8-13)16-10-18-21-23-16/h1-10,20H,(H,19,22). The number of carbonyl (C=O) groups is 1. The van der Waals surface area contributed by atoms with Gasteiger partial charge < -0.3 is 10.3 Å². The van der Waals surface area contributed by atoms with E-state index in [-0.39, 0.29) is 5.91 Å². The van der Waals surface area contributed by atoms with Gasteiger partial charge in [0.2, 0.25) is 0 Å². The molecule has 0 unspecified atom stereocenters. The summed E-state index contributed by atoms with van der Waals surface area (Å²) in [4.78, 5) is 16.5. The van der Waals surface area contributed by atoms with Gasteiger partial charge in [0.05, 0.1) is 11.1 Å². The molecule has 2 aromatic carbocycles. The summed E-state index contributed by atoms with van der Waals surface area (Å²) in [6, 6.07) is 17.3. The summed E-state index contributed by atoms with van der Waals surface area (Å²) in [5, 5.41) is 7.74. The van der Waals surface area contributed by atoms with Crippen LogP contribution < -0.4 is 5.32 Å². The largest absolute Gasteiger partial charge is 0.351 e. The van der Waals surface area contributed by atoms with Gasteiger partial charge in [0.15, 0.2) is 0 Å². The molecule has 4 rings (SSSR count). The van der Waals surface area contributed by atoms with Crippen molar-refractivity contribution in [3.05, 3.63) is 66.5 Å². The quantitative estimate of drug-likeness (QED) is 0.600. The molecule has 0 aliphatic rings. The fraction of sp³-hybridized carbons (Fsp3) is 0. The maximum atomic E-state index is 12.3. The number of aromatic nitrogens is 3. The second-order valence-corrected chi connectivity index (χ2v) is 5.87. The molecule has 0 aliphatic heterocycles. The first kappa shape index (κ1) is 13.7. The van der Waals surface area contributed by atoms with E-state index >= 15 is 0 Å². The smallest absolute Gasteiger partial charge is 0.272 e. The van der Waals surface area contributed by atoms with Gasteiger partial charge in [-0.25, -0.2) is 0 Å². The molecule has 0 saturated carbocycles. The molecule has 0 spiro atoms. The molecule has 4 aromatic rings. The molecule has 0 radical (unpaired) electrons. The number of H-pyrrole nitrogens is 1. The van der Waals surface area contributed by atoms with Crippen LogP contribution in [0.4, 0.5) is 5.69 Å². The SMILES string of the molecule is O=C(Nc1ccc(-c2cnns2)cc1)c1cc2ccccc2[nH]1. The number of hydrogen-bond donors (Lipinski definition) is 2. The average molecular weight is 320 g/mol. The van der Waals surface area contributed by atoms with Gasteiger partial charge in [-0.3, -0.25) is 4.79 Å². The van der Waals surface area contributed by atoms with Crippen molar-refractivity contribution in [1.29, 1.82) is 0 Å². The molecule has 0 aliphatic carbocycles. The van der Waals surface area contributed by atoms with Crippen LogP contribution >= 0.6 is 11.5 Å². The van der Waals surface area contributed by atoms with Crippen molar-refractivity contribution in [3.63, 3.8) is 0 Å². The third-order valence-electron chi connectivity index (χ3n) is 3.56. The molecular weight excluding hydrogens is 308 g/mol. The Morgan fingerprint density at radius 2 is 1.91 bits per heavy atom. The fourth-order valence-corrected chi connectivity index (χ4v) is 2.92. The van der Waals surface area contributed by atoms with Crippen molar-refractivity contribution in [3.8, 4) is 10.4 Å². The first-order valence-corrected chi connectivity index (χ1v) is 7.84. The van der Waals surface area contributed by atoms with Crippen molar-refractivity contribution in [2.45, 2.75) is 0 Å². The molecule has 0 atom stereocenters. The highest BCUT2D eigenvalue weighted by molar-refractivity contribution is 7.09. The van der Waals surface area contributed by atoms with Crippen LogP contribution in [0.3, 0.4) is 0 Å². The number of nitrogens with zero attached hydrogens (tertiary/aromatic N) is 2. The number of rotatable bonds is 3. The van der Waals surface area contributed by atoms with Crippen LogP contribution in [0.15, 0.2) is 60.8 Å². The predicted molar refractivity (Wildman–Crippen MR) is 91.6 cm³/mol. The van der Waals surface area contributed by atoms with Crippen LogP contribution in [0.2, 0.25) is 0 Å². The van der Waals surface area contributed by atoms with Crippen LogP contribution in [0.25, 0.3) is 21.3 Å². The number of benzene rings is 2. The van der Waals surface area contributed by atoms with Gasteiger partial charge in [-0.05, 0) is 41.4 Å². The van der Waals surface area contributed by atoms with Gasteiger partial charge in [0.25, 0.3) is 5.91 Å². The van der Waals surface area contributed by atoms with Crippen molar-refractivity contribution >= 4 is 34.0 Å². The summed E-state index contributed by atoms with van der Waals surface area (Å²) in [6.45, 7) is 0. The second kappa shape index (κ2) is 5.66. The number of para-hydroxylation sites is 1. The monoisotopic (exact) mass is 320 g/mol. The summed E-state index contributed by atoms with van der Waals surface area (Å²) < 4.78 is 3.85. The van der Waals surface area contributed by atoms with Crippen molar-refractivity contribution in [2.24, 2.45) is 0 Å². The lowest BCUT2D eigenvalue weighted by Gasteiger charge is -2.04. The Bertz CT molecular complexity index is 925. The van der Waals surface area contributed by atoms with E-state index in [9.17, 15) is 4.79 Å². The number of amides is 1. The van der Waals surface area contributed by atoms with Crippen LogP contribution in [-0.4, -0.2) is 20.5 Å². The van der Waals surface area contributed by atoms with Crippen LogP contribution in [0.5, 0.6) is 0 Å². The zero-order chi connectivity index (χ0) is 15.6. The topological polar surface area (TPSA) is 70.7 Å². The number of anilines is 1. The summed E-state index contributed by atoms with van der Waals surface area (Å²) >= 11 is 1.34. The molecule has 2 aromatic heterocycles. The van der Waals surface area contributed by atoms with Crippen molar-refractivity contribution < 1.29 is 4.79 Å². The summed E-state index contributed by atoms with van der Waals surface area (Å²) in [5.41, 5.74) is 3.27. The summed E-state index contributed by atoms with van der Waals surface area (Å²) in [5.74, 6) is -0.159. The van der Waals surface area contributed by atoms with E-state index < -0.39 is 0 Å². The van der Waals surface area contributed by atoms with E-state index in [1.54, 1.807) is 6.20 Å². The van der Waals surface area contributed by atoms with Gasteiger partial charge in [-0.1, -0.05) is 34.8 Å². The van der Waals surface area contributed by atoms with Gasteiger partial charge in [-0.2, -0.15) is 0 Å². The molecule has 5 nitrogen and oxygen atoms in total. The minimum Gasteiger partial charge on any atom is -0.351 e. The molecule has 2 heterocycles. The van der Waals surface area contributed by atoms with E-state index in [2.05, 4.69) is 19.9 Å². The molecule has 2 N–H and O–H groups in total. The minimum atomic E-state index is -0.159. The van der Waals surface area contributed by atoms with E-state index in [1.165, 1.54) is 11.5 Å². The Morgan fingerprint density at radius 1 is 1.09 bits per heavy atom. The van der Waals surface area contributed by atoms with Crippen molar-refractivity contribution in [1.82, 2.24) is 14.6 Å². The van der Waals surface area contributed by atoms with E-state index in [4.69, 9.17) is 0 Å². The lowest BCUT2D eigenvalue weighted by Crippen LogP contribution is -2.11. The first-order chi connectivity index (χ1) is 11.3. The number of nitrogens with one attached hydrogen (secondary N) is 2. The predicted octanol–water partition coefficient (Wildman–Crippen LogP) is 3.94. The summed E-state index contributed by atoms with van der Waals surface area (Å²) in [7, 11) is 0. The molecule has 23 heavy (non-hydrogen) atoms. The van der Waals surface area contributed by atoms with Gasteiger partial charge in [0.1, 0.15) is 5.69 Å². The zero-order valence-corrected chi connectivity index (χ0v) is 12.8. The van der Waals surface area contributed by atoms with Crippen LogP contribution in [-0.2, 0) is 0 Å². The number of carbonyl (C=O) groups excluding carboxylic acids is 1. The Balaban J connectivity index is 1.54. The minimum absolute atomic E-state index is 0.159. The zero-order valence-electron chi connectivity index (χ0n) is 12.0. The van der Waals surface area contributed by atoms with Gasteiger partial charge in [-0.15, -0.1) is 5.10 Å². The molecule has 1 amide bonds. The number of hydrogen-bond acceptors (Lipinski definition) is 4. The highest BCUT2D eigenvalue weighted by atomic mass is 32.1. The Hall–Kier alpha value is -2.99. The van der Waals surface area contributed by atoms with E-state index in [0.29, 0.717) is 5.69 Å². The first-order valence-electron chi connectivity index (χ1n) is 7.06. The molecule has 0 saturated heterocycles. The Kier molecular flexibility index (Phi) is 3.36. The third kappa shape index (κ3) is 2.72. The van der Waals surface area contributed by atoms with Gasteiger partial charge in [0, 0.05) is 16.6 Å². The second-order valence-electron chi connectivity index (χ2n) is 5.08. The fourth-order valence-electron chi connectivity index (χ4n) is 2.41. The van der Waals surface area contributed by atoms with Gasteiger partial charge >= 0.3 is 0 Å². The lowest BCUT2D eigenvalue weighted by molar-refractivity contribution is 0.102.